The molecule has 1 heterocycles. The van der Waals surface area contributed by atoms with Crippen molar-refractivity contribution < 1.29 is 9.59 Å². The van der Waals surface area contributed by atoms with Gasteiger partial charge in [0.2, 0.25) is 5.91 Å². The fourth-order valence-electron chi connectivity index (χ4n) is 1.66. The van der Waals surface area contributed by atoms with Crippen LogP contribution in [0.1, 0.15) is 18.5 Å². The highest BCUT2D eigenvalue weighted by Crippen LogP contribution is 2.36. The second kappa shape index (κ2) is 4.97. The van der Waals surface area contributed by atoms with Gasteiger partial charge in [0.05, 0.1) is 10.9 Å². The summed E-state index contributed by atoms with van der Waals surface area (Å²) in [7, 11) is 0. The number of fused-ring (bicyclic) bond motifs is 1. The normalized spacial score (nSPS) is 19.7. The minimum Gasteiger partial charge on any atom is -0.324 e. The van der Waals surface area contributed by atoms with Crippen LogP contribution in [0.5, 0.6) is 0 Å². The lowest BCUT2D eigenvalue weighted by atomic mass is 10.1. The zero-order valence-corrected chi connectivity index (χ0v) is 10.6. The van der Waals surface area contributed by atoms with Gasteiger partial charge in [0.1, 0.15) is 6.04 Å². The lowest BCUT2D eigenvalue weighted by Gasteiger charge is -2.22. The van der Waals surface area contributed by atoms with Crippen LogP contribution in [-0.2, 0) is 9.59 Å². The van der Waals surface area contributed by atoms with Crippen LogP contribution in [0.2, 0.25) is 0 Å². The number of amides is 2. The molecule has 2 rings (SSSR count). The Morgan fingerprint density at radius 1 is 1.56 bits per heavy atom. The Balaban J connectivity index is 2.30. The van der Waals surface area contributed by atoms with E-state index >= 15 is 0 Å². The van der Waals surface area contributed by atoms with E-state index in [9.17, 15) is 9.59 Å². The molecule has 1 aromatic carbocycles. The summed E-state index contributed by atoms with van der Waals surface area (Å²) >= 11 is 1.48. The molecular weight excluding hydrogens is 252 g/mol. The van der Waals surface area contributed by atoms with Crippen LogP contribution in [-0.4, -0.2) is 17.1 Å². The van der Waals surface area contributed by atoms with E-state index in [1.165, 1.54) is 11.8 Å². The first-order chi connectivity index (χ1) is 8.52. The standard InChI is InChI=1S/C11H14N4O2S/c1-5-10(16)14-7-4-6(2-3-8(7)18-5)9(12)11(17)15-13/h2-5,9H,12-13H2,1H3,(H,14,16)(H,15,17). The summed E-state index contributed by atoms with van der Waals surface area (Å²) in [5.74, 6) is 4.51. The third-order valence-electron chi connectivity index (χ3n) is 2.72. The predicted octanol–water partition coefficient (Wildman–Crippen LogP) is 0.109. The van der Waals surface area contributed by atoms with Gasteiger partial charge < -0.3 is 11.1 Å². The number of nitrogens with one attached hydrogen (secondary N) is 2. The van der Waals surface area contributed by atoms with Crippen LogP contribution >= 0.6 is 11.8 Å². The van der Waals surface area contributed by atoms with Crippen LogP contribution in [0, 0.1) is 0 Å². The monoisotopic (exact) mass is 266 g/mol. The van der Waals surface area contributed by atoms with Crippen molar-refractivity contribution in [3.05, 3.63) is 23.8 Å². The van der Waals surface area contributed by atoms with Crippen molar-refractivity contribution >= 4 is 29.3 Å². The maximum absolute atomic E-state index is 11.6. The summed E-state index contributed by atoms with van der Waals surface area (Å²) in [6.07, 6.45) is 0. The van der Waals surface area contributed by atoms with E-state index in [0.717, 1.165) is 4.90 Å². The smallest absolute Gasteiger partial charge is 0.255 e. The van der Waals surface area contributed by atoms with Gasteiger partial charge in [-0.3, -0.25) is 15.0 Å². The Bertz CT molecular complexity index is 506. The molecule has 6 nitrogen and oxygen atoms in total. The van der Waals surface area contributed by atoms with Gasteiger partial charge in [0, 0.05) is 4.90 Å². The third kappa shape index (κ3) is 2.33. The SMILES string of the molecule is CC1Sc2ccc(C(N)C(=O)NN)cc2NC1=O. The first-order valence-corrected chi connectivity index (χ1v) is 6.28. The summed E-state index contributed by atoms with van der Waals surface area (Å²) in [6.45, 7) is 1.84. The van der Waals surface area contributed by atoms with Gasteiger partial charge in [-0.2, -0.15) is 0 Å². The van der Waals surface area contributed by atoms with E-state index < -0.39 is 11.9 Å². The molecule has 0 radical (unpaired) electrons. The molecule has 96 valence electrons. The van der Waals surface area contributed by atoms with Crippen molar-refractivity contribution in [1.29, 1.82) is 0 Å². The van der Waals surface area contributed by atoms with Gasteiger partial charge in [-0.1, -0.05) is 6.07 Å². The molecule has 2 unspecified atom stereocenters. The molecular formula is C11H14N4O2S. The predicted molar refractivity (Wildman–Crippen MR) is 69.6 cm³/mol. The zero-order valence-electron chi connectivity index (χ0n) is 9.77. The third-order valence-corrected chi connectivity index (χ3v) is 3.90. The maximum Gasteiger partial charge on any atom is 0.255 e. The average molecular weight is 266 g/mol. The number of anilines is 1. The molecule has 0 saturated carbocycles. The number of rotatable bonds is 2. The van der Waals surface area contributed by atoms with Crippen LogP contribution in [0.25, 0.3) is 0 Å². The first-order valence-electron chi connectivity index (χ1n) is 5.40. The van der Waals surface area contributed by atoms with Gasteiger partial charge in [0.15, 0.2) is 0 Å². The molecule has 2 amide bonds. The van der Waals surface area contributed by atoms with Crippen molar-refractivity contribution in [3.8, 4) is 0 Å². The van der Waals surface area contributed by atoms with E-state index in [2.05, 4.69) is 5.32 Å². The van der Waals surface area contributed by atoms with E-state index in [-0.39, 0.29) is 11.2 Å². The molecule has 0 aromatic heterocycles. The number of hydrogen-bond donors (Lipinski definition) is 4. The second-order valence-electron chi connectivity index (χ2n) is 3.99. The lowest BCUT2D eigenvalue weighted by molar-refractivity contribution is -0.122. The Morgan fingerprint density at radius 2 is 2.28 bits per heavy atom. The Kier molecular flexibility index (Phi) is 3.55. The van der Waals surface area contributed by atoms with E-state index in [0.29, 0.717) is 11.3 Å². The molecule has 18 heavy (non-hydrogen) atoms. The molecule has 0 bridgehead atoms. The van der Waals surface area contributed by atoms with Crippen LogP contribution in [0.4, 0.5) is 5.69 Å². The minimum atomic E-state index is -0.846. The van der Waals surface area contributed by atoms with Crippen LogP contribution < -0.4 is 22.3 Å². The Hall–Kier alpha value is -1.57. The van der Waals surface area contributed by atoms with E-state index in [4.69, 9.17) is 11.6 Å². The summed E-state index contributed by atoms with van der Waals surface area (Å²) in [4.78, 5) is 23.9. The quantitative estimate of drug-likeness (QED) is 0.345. The first kappa shape index (κ1) is 12.9. The number of nitrogens with two attached hydrogens (primary N) is 2. The Morgan fingerprint density at radius 3 is 2.94 bits per heavy atom. The molecule has 7 heteroatoms. The molecule has 0 saturated heterocycles. The highest BCUT2D eigenvalue weighted by Gasteiger charge is 2.24. The fraction of sp³-hybridized carbons (Fsp3) is 0.273. The van der Waals surface area contributed by atoms with Crippen molar-refractivity contribution in [1.82, 2.24) is 5.43 Å². The van der Waals surface area contributed by atoms with Gasteiger partial charge in [-0.15, -0.1) is 11.8 Å². The van der Waals surface area contributed by atoms with Crippen LogP contribution in [0.15, 0.2) is 23.1 Å². The molecule has 1 aliphatic heterocycles. The van der Waals surface area contributed by atoms with Gasteiger partial charge in [0.25, 0.3) is 5.91 Å². The number of hydrogen-bond acceptors (Lipinski definition) is 5. The summed E-state index contributed by atoms with van der Waals surface area (Å²) in [5, 5.41) is 2.66. The van der Waals surface area contributed by atoms with Crippen molar-refractivity contribution in [2.24, 2.45) is 11.6 Å². The number of carbonyl (C=O) groups excluding carboxylic acids is 2. The zero-order chi connectivity index (χ0) is 13.3. The molecule has 0 fully saturated rings. The highest BCUT2D eigenvalue weighted by molar-refractivity contribution is 8.00. The van der Waals surface area contributed by atoms with Crippen molar-refractivity contribution in [2.75, 3.05) is 5.32 Å². The number of thioether (sulfide) groups is 1. The minimum absolute atomic E-state index is 0.0542. The lowest BCUT2D eigenvalue weighted by Crippen LogP contribution is -2.38. The summed E-state index contributed by atoms with van der Waals surface area (Å²) < 4.78 is 0. The van der Waals surface area contributed by atoms with E-state index in [1.807, 2.05) is 18.4 Å². The summed E-state index contributed by atoms with van der Waals surface area (Å²) in [5.41, 5.74) is 9.02. The number of benzene rings is 1. The molecule has 6 N–H and O–H groups in total. The topological polar surface area (TPSA) is 110 Å². The van der Waals surface area contributed by atoms with Gasteiger partial charge >= 0.3 is 0 Å². The van der Waals surface area contributed by atoms with Crippen molar-refractivity contribution in [3.63, 3.8) is 0 Å². The number of hydrazine groups is 1. The molecule has 1 aromatic rings. The maximum atomic E-state index is 11.6. The van der Waals surface area contributed by atoms with E-state index in [1.54, 1.807) is 12.1 Å². The molecule has 0 aliphatic carbocycles. The molecule has 0 spiro atoms. The fourth-order valence-corrected chi connectivity index (χ4v) is 2.59. The molecule has 1 aliphatic rings. The van der Waals surface area contributed by atoms with Crippen LogP contribution in [0.3, 0.4) is 0 Å². The number of carbonyl (C=O) groups is 2. The summed E-state index contributed by atoms with van der Waals surface area (Å²) in [6, 6.07) is 4.46. The largest absolute Gasteiger partial charge is 0.324 e. The average Bonchev–Trinajstić information content (AvgIpc) is 2.37. The van der Waals surface area contributed by atoms with Gasteiger partial charge in [-0.25, -0.2) is 5.84 Å². The van der Waals surface area contributed by atoms with Crippen molar-refractivity contribution in [2.45, 2.75) is 23.1 Å². The molecule has 2 atom stereocenters. The second-order valence-corrected chi connectivity index (χ2v) is 5.37. The van der Waals surface area contributed by atoms with Gasteiger partial charge in [-0.05, 0) is 24.6 Å². The Labute approximate surface area is 108 Å². The highest BCUT2D eigenvalue weighted by atomic mass is 32.2.